The summed E-state index contributed by atoms with van der Waals surface area (Å²) >= 11 is 0. The Hall–Kier alpha value is -2.14. The Kier molecular flexibility index (Phi) is 7.28. The average molecular weight is 435 g/mol. The lowest BCUT2D eigenvalue weighted by atomic mass is 10.1. The maximum absolute atomic E-state index is 12.7. The third-order valence-electron chi connectivity index (χ3n) is 4.53. The fourth-order valence-corrected chi connectivity index (χ4v) is 4.85. The standard InChI is InChI=1S/C18H24F3N3O4S/c1-3-9-29(27,28)24-8-4-5-15(24)17(26)23-14-10-13(7-6-12(14)2)16(25)22-11-18(19,20)21/h6-7,10,15H,3-5,8-9,11H2,1-2H3,(H,22,25)(H,23,26). The fourth-order valence-electron chi connectivity index (χ4n) is 3.11. The molecule has 0 bridgehead atoms. The van der Waals surface area contributed by atoms with Crippen LogP contribution in [0.15, 0.2) is 18.2 Å². The topological polar surface area (TPSA) is 95.6 Å². The number of carbonyl (C=O) groups excluding carboxylic acids is 2. The Bertz CT molecular complexity index is 872. The molecule has 1 saturated heterocycles. The minimum absolute atomic E-state index is 0.0444. The molecule has 1 unspecified atom stereocenters. The van der Waals surface area contributed by atoms with Gasteiger partial charge in [-0.15, -0.1) is 0 Å². The van der Waals surface area contributed by atoms with Crippen molar-refractivity contribution in [2.24, 2.45) is 0 Å². The van der Waals surface area contributed by atoms with Gasteiger partial charge in [0.15, 0.2) is 0 Å². The van der Waals surface area contributed by atoms with Crippen molar-refractivity contribution in [3.63, 3.8) is 0 Å². The summed E-state index contributed by atoms with van der Waals surface area (Å²) in [5.74, 6) is -1.51. The van der Waals surface area contributed by atoms with Gasteiger partial charge in [0.05, 0.1) is 5.75 Å². The Morgan fingerprint density at radius 1 is 1.28 bits per heavy atom. The maximum atomic E-state index is 12.7. The molecule has 2 rings (SSSR count). The summed E-state index contributed by atoms with van der Waals surface area (Å²) < 4.78 is 62.8. The molecule has 1 aliphatic rings. The Labute approximate surface area is 167 Å². The van der Waals surface area contributed by atoms with E-state index in [9.17, 15) is 31.2 Å². The first-order valence-corrected chi connectivity index (χ1v) is 10.8. The van der Waals surface area contributed by atoms with E-state index in [4.69, 9.17) is 0 Å². The number of hydrogen-bond donors (Lipinski definition) is 2. The number of sulfonamides is 1. The van der Waals surface area contributed by atoms with Gasteiger partial charge in [-0.3, -0.25) is 9.59 Å². The predicted octanol–water partition coefficient (Wildman–Crippen LogP) is 2.43. The minimum atomic E-state index is -4.53. The van der Waals surface area contributed by atoms with Gasteiger partial charge in [0.25, 0.3) is 5.91 Å². The van der Waals surface area contributed by atoms with Crippen molar-refractivity contribution in [3.05, 3.63) is 29.3 Å². The van der Waals surface area contributed by atoms with Crippen LogP contribution in [0.5, 0.6) is 0 Å². The van der Waals surface area contributed by atoms with Crippen molar-refractivity contribution in [1.29, 1.82) is 0 Å². The van der Waals surface area contributed by atoms with Gasteiger partial charge in [-0.2, -0.15) is 17.5 Å². The second kappa shape index (κ2) is 9.12. The number of nitrogens with zero attached hydrogens (tertiary/aromatic N) is 1. The molecule has 2 amide bonds. The summed E-state index contributed by atoms with van der Waals surface area (Å²) in [5.41, 5.74) is 0.790. The van der Waals surface area contributed by atoms with E-state index >= 15 is 0 Å². The van der Waals surface area contributed by atoms with E-state index in [2.05, 4.69) is 5.32 Å². The second-order valence-electron chi connectivity index (χ2n) is 6.90. The number of rotatable bonds is 7. The van der Waals surface area contributed by atoms with Gasteiger partial charge in [0, 0.05) is 17.8 Å². The molecule has 29 heavy (non-hydrogen) atoms. The molecule has 2 N–H and O–H groups in total. The number of hydrogen-bond acceptors (Lipinski definition) is 4. The highest BCUT2D eigenvalue weighted by Gasteiger charge is 2.38. The zero-order valence-electron chi connectivity index (χ0n) is 16.2. The largest absolute Gasteiger partial charge is 0.405 e. The maximum Gasteiger partial charge on any atom is 0.405 e. The van der Waals surface area contributed by atoms with Crippen LogP contribution in [0.25, 0.3) is 0 Å². The average Bonchev–Trinajstić information content (AvgIpc) is 3.12. The van der Waals surface area contributed by atoms with Gasteiger partial charge < -0.3 is 10.6 Å². The summed E-state index contributed by atoms with van der Waals surface area (Å²) in [6.07, 6.45) is -3.17. The lowest BCUT2D eigenvalue weighted by Gasteiger charge is -2.23. The zero-order valence-corrected chi connectivity index (χ0v) is 17.0. The minimum Gasteiger partial charge on any atom is -0.343 e. The zero-order chi connectivity index (χ0) is 21.8. The first kappa shape index (κ1) is 23.1. The van der Waals surface area contributed by atoms with Crippen molar-refractivity contribution >= 4 is 27.5 Å². The molecule has 0 aliphatic carbocycles. The van der Waals surface area contributed by atoms with Crippen LogP contribution in [-0.2, 0) is 14.8 Å². The molecular formula is C18H24F3N3O4S. The van der Waals surface area contributed by atoms with Crippen LogP contribution < -0.4 is 10.6 Å². The van der Waals surface area contributed by atoms with E-state index in [1.54, 1.807) is 19.2 Å². The number of carbonyl (C=O) groups is 2. The molecule has 1 fully saturated rings. The molecule has 162 valence electrons. The van der Waals surface area contributed by atoms with Crippen LogP contribution in [0.1, 0.15) is 42.1 Å². The third-order valence-corrected chi connectivity index (χ3v) is 6.61. The molecule has 0 aromatic heterocycles. The first-order valence-electron chi connectivity index (χ1n) is 9.20. The van der Waals surface area contributed by atoms with E-state index in [-0.39, 0.29) is 23.5 Å². The van der Waals surface area contributed by atoms with Gasteiger partial charge in [-0.1, -0.05) is 13.0 Å². The molecule has 1 aliphatic heterocycles. The smallest absolute Gasteiger partial charge is 0.343 e. The Balaban J connectivity index is 2.14. The molecule has 1 atom stereocenters. The lowest BCUT2D eigenvalue weighted by Crippen LogP contribution is -2.44. The van der Waals surface area contributed by atoms with E-state index in [1.807, 2.05) is 0 Å². The molecule has 0 radical (unpaired) electrons. The number of anilines is 1. The second-order valence-corrected chi connectivity index (χ2v) is 8.94. The van der Waals surface area contributed by atoms with Crippen molar-refractivity contribution in [2.75, 3.05) is 24.2 Å². The lowest BCUT2D eigenvalue weighted by molar-refractivity contribution is -0.123. The van der Waals surface area contributed by atoms with Crippen LogP contribution >= 0.6 is 0 Å². The van der Waals surface area contributed by atoms with Crippen LogP contribution in [0.4, 0.5) is 18.9 Å². The number of benzene rings is 1. The molecule has 1 heterocycles. The summed E-state index contributed by atoms with van der Waals surface area (Å²) in [7, 11) is -3.55. The van der Waals surface area contributed by atoms with Crippen LogP contribution in [0.2, 0.25) is 0 Å². The normalized spacial score (nSPS) is 17.9. The molecule has 1 aromatic carbocycles. The number of alkyl halides is 3. The molecule has 1 aromatic rings. The van der Waals surface area contributed by atoms with E-state index < -0.39 is 40.6 Å². The Morgan fingerprint density at radius 2 is 1.97 bits per heavy atom. The molecule has 11 heteroatoms. The highest BCUT2D eigenvalue weighted by atomic mass is 32.2. The molecule has 0 spiro atoms. The van der Waals surface area contributed by atoms with Crippen molar-refractivity contribution in [1.82, 2.24) is 9.62 Å². The molecule has 7 nitrogen and oxygen atoms in total. The third kappa shape index (κ3) is 6.17. The van der Waals surface area contributed by atoms with Crippen LogP contribution in [0.3, 0.4) is 0 Å². The fraction of sp³-hybridized carbons (Fsp3) is 0.556. The number of nitrogens with one attached hydrogen (secondary N) is 2. The summed E-state index contributed by atoms with van der Waals surface area (Å²) in [6.45, 7) is 2.20. The summed E-state index contributed by atoms with van der Waals surface area (Å²) in [5, 5.41) is 4.39. The van der Waals surface area contributed by atoms with E-state index in [0.29, 0.717) is 24.8 Å². The van der Waals surface area contributed by atoms with Crippen LogP contribution in [0, 0.1) is 6.92 Å². The van der Waals surface area contributed by atoms with Crippen molar-refractivity contribution < 1.29 is 31.2 Å². The van der Waals surface area contributed by atoms with Gasteiger partial charge in [0.2, 0.25) is 15.9 Å². The summed E-state index contributed by atoms with van der Waals surface area (Å²) in [6, 6.07) is 3.27. The van der Waals surface area contributed by atoms with Crippen molar-refractivity contribution in [3.8, 4) is 0 Å². The molecular weight excluding hydrogens is 411 g/mol. The molecule has 0 saturated carbocycles. The number of aryl methyl sites for hydroxylation is 1. The van der Waals surface area contributed by atoms with Crippen LogP contribution in [-0.4, -0.2) is 55.6 Å². The van der Waals surface area contributed by atoms with Gasteiger partial charge >= 0.3 is 6.18 Å². The van der Waals surface area contributed by atoms with E-state index in [0.717, 1.165) is 0 Å². The highest BCUT2D eigenvalue weighted by Crippen LogP contribution is 2.25. The highest BCUT2D eigenvalue weighted by molar-refractivity contribution is 7.89. The first-order chi connectivity index (χ1) is 13.4. The monoisotopic (exact) mass is 435 g/mol. The predicted molar refractivity (Wildman–Crippen MR) is 102 cm³/mol. The number of halogens is 3. The van der Waals surface area contributed by atoms with E-state index in [1.165, 1.54) is 22.5 Å². The summed E-state index contributed by atoms with van der Waals surface area (Å²) in [4.78, 5) is 24.6. The Morgan fingerprint density at radius 3 is 2.59 bits per heavy atom. The van der Waals surface area contributed by atoms with Gasteiger partial charge in [-0.05, 0) is 43.9 Å². The quantitative estimate of drug-likeness (QED) is 0.688. The SMILES string of the molecule is CCCS(=O)(=O)N1CCCC1C(=O)Nc1cc(C(=O)NCC(F)(F)F)ccc1C. The van der Waals surface area contributed by atoms with Crippen molar-refractivity contribution in [2.45, 2.75) is 45.3 Å². The van der Waals surface area contributed by atoms with Gasteiger partial charge in [-0.25, -0.2) is 8.42 Å². The number of amides is 2. The van der Waals surface area contributed by atoms with Gasteiger partial charge in [0.1, 0.15) is 12.6 Å².